The van der Waals surface area contributed by atoms with Crippen molar-refractivity contribution < 1.29 is 32.3 Å². The summed E-state index contributed by atoms with van der Waals surface area (Å²) in [4.78, 5) is 56.1. The first-order chi connectivity index (χ1) is 26.3. The van der Waals surface area contributed by atoms with E-state index >= 15 is 0 Å². The maximum atomic E-state index is 13.6. The smallest absolute Gasteiger partial charge is 0.405 e. The van der Waals surface area contributed by atoms with Gasteiger partial charge in [0, 0.05) is 99.3 Å². The van der Waals surface area contributed by atoms with Crippen LogP contribution in [0.1, 0.15) is 44.1 Å². The van der Waals surface area contributed by atoms with Crippen LogP contribution in [-0.2, 0) is 28.0 Å². The summed E-state index contributed by atoms with van der Waals surface area (Å²) < 4.78 is 46.9. The highest BCUT2D eigenvalue weighted by atomic mass is 19.4. The first-order valence-electron chi connectivity index (χ1n) is 18.7. The molecule has 3 aliphatic rings. The number of halogens is 3. The molecule has 7 rings (SSSR count). The Morgan fingerprint density at radius 2 is 1.60 bits per heavy atom. The fraction of sp³-hybridized carbons (Fsp3) is 0.415. The third-order valence-electron chi connectivity index (χ3n) is 11.2. The van der Waals surface area contributed by atoms with Crippen LogP contribution in [-0.4, -0.2) is 83.8 Å². The lowest BCUT2D eigenvalue weighted by molar-refractivity contribution is -0.275. The SMILES string of the molecule is CN(C(=O)C1CCN(c2ccc(NC3CCC(=O)NC3=O)cc2)CC1)C1CCN(Cc2ccc(-c3cn(C)c(=O)c4ccccc34)cc2OC(F)(F)F)CC1. The molecule has 0 saturated carbocycles. The number of nitrogens with one attached hydrogen (secondary N) is 2. The number of carbonyl (C=O) groups excluding carboxylic acids is 3. The molecule has 1 atom stereocenters. The molecule has 0 radical (unpaired) electrons. The van der Waals surface area contributed by atoms with E-state index in [9.17, 15) is 32.3 Å². The lowest BCUT2D eigenvalue weighted by atomic mass is 9.93. The van der Waals surface area contributed by atoms with Crippen LogP contribution in [0, 0.1) is 5.92 Å². The van der Waals surface area contributed by atoms with Crippen molar-refractivity contribution in [2.24, 2.45) is 13.0 Å². The van der Waals surface area contributed by atoms with E-state index in [1.807, 2.05) is 36.2 Å². The predicted molar refractivity (Wildman–Crippen MR) is 204 cm³/mol. The van der Waals surface area contributed by atoms with Gasteiger partial charge in [0.25, 0.3) is 5.56 Å². The van der Waals surface area contributed by atoms with E-state index in [-0.39, 0.29) is 47.5 Å². The second-order valence-corrected chi connectivity index (χ2v) is 14.8. The molecule has 3 saturated heterocycles. The molecule has 14 heteroatoms. The van der Waals surface area contributed by atoms with Crippen molar-refractivity contribution in [3.8, 4) is 16.9 Å². The van der Waals surface area contributed by atoms with Crippen LogP contribution in [0.3, 0.4) is 0 Å². The van der Waals surface area contributed by atoms with Crippen molar-refractivity contribution in [1.82, 2.24) is 19.7 Å². The molecule has 3 fully saturated rings. The molecular formula is C41H45F3N6O5. The van der Waals surface area contributed by atoms with Gasteiger partial charge in [-0.3, -0.25) is 29.4 Å². The molecule has 0 bridgehead atoms. The largest absolute Gasteiger partial charge is 0.573 e. The van der Waals surface area contributed by atoms with Crippen molar-refractivity contribution in [2.75, 3.05) is 43.4 Å². The number of benzene rings is 3. The van der Waals surface area contributed by atoms with E-state index in [0.717, 1.165) is 37.3 Å². The molecule has 0 aliphatic carbocycles. The van der Waals surface area contributed by atoms with Gasteiger partial charge in [-0.05, 0) is 79.5 Å². The number of aromatic nitrogens is 1. The number of pyridine rings is 1. The molecule has 3 aliphatic heterocycles. The van der Waals surface area contributed by atoms with Gasteiger partial charge in [0.1, 0.15) is 11.8 Å². The van der Waals surface area contributed by atoms with Crippen LogP contribution in [0.2, 0.25) is 0 Å². The van der Waals surface area contributed by atoms with Crippen LogP contribution < -0.4 is 25.8 Å². The number of anilines is 2. The second kappa shape index (κ2) is 15.8. The predicted octanol–water partition coefficient (Wildman–Crippen LogP) is 5.66. The van der Waals surface area contributed by atoms with Crippen LogP contribution in [0.5, 0.6) is 5.75 Å². The van der Waals surface area contributed by atoms with Gasteiger partial charge in [0.15, 0.2) is 0 Å². The second-order valence-electron chi connectivity index (χ2n) is 14.8. The Morgan fingerprint density at radius 3 is 2.27 bits per heavy atom. The average molecular weight is 759 g/mol. The average Bonchev–Trinajstić information content (AvgIpc) is 3.17. The number of rotatable bonds is 9. The summed E-state index contributed by atoms with van der Waals surface area (Å²) in [6.45, 7) is 2.97. The van der Waals surface area contributed by atoms with Crippen LogP contribution in [0.25, 0.3) is 21.9 Å². The van der Waals surface area contributed by atoms with E-state index in [4.69, 9.17) is 0 Å². The Kier molecular flexibility index (Phi) is 10.9. The Balaban J connectivity index is 0.928. The van der Waals surface area contributed by atoms with Gasteiger partial charge in [-0.25, -0.2) is 0 Å². The monoisotopic (exact) mass is 758 g/mol. The lowest BCUT2D eigenvalue weighted by Gasteiger charge is -2.40. The summed E-state index contributed by atoms with van der Waals surface area (Å²) in [6.07, 6.45) is 0.384. The maximum Gasteiger partial charge on any atom is 0.573 e. The number of nitrogens with zero attached hydrogens (tertiary/aromatic N) is 4. The molecule has 55 heavy (non-hydrogen) atoms. The number of likely N-dealkylation sites (tertiary alicyclic amines) is 1. The number of fused-ring (bicyclic) bond motifs is 1. The van der Waals surface area contributed by atoms with Gasteiger partial charge in [0.2, 0.25) is 17.7 Å². The minimum atomic E-state index is -4.88. The molecule has 290 valence electrons. The minimum Gasteiger partial charge on any atom is -0.405 e. The summed E-state index contributed by atoms with van der Waals surface area (Å²) in [5, 5.41) is 6.68. The molecule has 0 spiro atoms. The molecule has 1 unspecified atom stereocenters. The van der Waals surface area contributed by atoms with E-state index in [0.29, 0.717) is 66.2 Å². The number of hydrogen-bond acceptors (Lipinski definition) is 8. The highest BCUT2D eigenvalue weighted by molar-refractivity contribution is 6.01. The van der Waals surface area contributed by atoms with Crippen LogP contribution in [0.15, 0.2) is 77.7 Å². The van der Waals surface area contributed by atoms with Gasteiger partial charge in [-0.1, -0.05) is 30.3 Å². The number of carbonyl (C=O) groups is 3. The Morgan fingerprint density at radius 1 is 0.909 bits per heavy atom. The first-order valence-corrected chi connectivity index (χ1v) is 18.7. The number of hydrogen-bond donors (Lipinski definition) is 2. The summed E-state index contributed by atoms with van der Waals surface area (Å²) in [6, 6.07) is 19.3. The van der Waals surface area contributed by atoms with Gasteiger partial charge in [0.05, 0.1) is 0 Å². The molecule has 3 aromatic carbocycles. The van der Waals surface area contributed by atoms with Crippen molar-refractivity contribution >= 4 is 39.9 Å². The molecule has 2 N–H and O–H groups in total. The van der Waals surface area contributed by atoms with Gasteiger partial charge in [-0.2, -0.15) is 0 Å². The molecular weight excluding hydrogens is 713 g/mol. The van der Waals surface area contributed by atoms with Gasteiger partial charge in [-0.15, -0.1) is 13.2 Å². The molecule has 4 heterocycles. The molecule has 4 aromatic rings. The Labute approximate surface area is 317 Å². The van der Waals surface area contributed by atoms with Crippen LogP contribution >= 0.6 is 0 Å². The van der Waals surface area contributed by atoms with Crippen LogP contribution in [0.4, 0.5) is 24.5 Å². The van der Waals surface area contributed by atoms with Gasteiger partial charge >= 0.3 is 6.36 Å². The number of ether oxygens (including phenoxy) is 1. The topological polar surface area (TPSA) is 116 Å². The summed E-state index contributed by atoms with van der Waals surface area (Å²) in [7, 11) is 3.48. The van der Waals surface area contributed by atoms with E-state index < -0.39 is 12.4 Å². The highest BCUT2D eigenvalue weighted by Crippen LogP contribution is 2.35. The van der Waals surface area contributed by atoms with Crippen molar-refractivity contribution in [1.29, 1.82) is 0 Å². The first kappa shape index (κ1) is 37.9. The standard InChI is InChI=1S/C41H45F3N6O5/c1-47-25-34(32-5-3-4-6-33(32)40(47)54)27-7-8-28(36(23-27)55-41(42,43)44)24-49-19-17-30(18-20-49)48(2)39(53)26-15-21-50(22-16-26)31-11-9-29(10-12-31)45-35-13-14-37(51)46-38(35)52/h3-12,23,25-26,30,35,45H,13-22,24H2,1-2H3,(H,46,51,52). The third-order valence-corrected chi connectivity index (χ3v) is 11.2. The van der Waals surface area contributed by atoms with E-state index in [1.165, 1.54) is 10.6 Å². The number of piperidine rings is 3. The maximum absolute atomic E-state index is 13.6. The van der Waals surface area contributed by atoms with Crippen molar-refractivity contribution in [3.63, 3.8) is 0 Å². The Hall–Kier alpha value is -5.37. The fourth-order valence-corrected chi connectivity index (χ4v) is 8.08. The summed E-state index contributed by atoms with van der Waals surface area (Å²) in [5.41, 5.74) is 3.20. The zero-order valence-corrected chi connectivity index (χ0v) is 30.9. The van der Waals surface area contributed by atoms with Gasteiger partial charge < -0.3 is 24.4 Å². The minimum absolute atomic E-state index is 0.0393. The highest BCUT2D eigenvalue weighted by Gasteiger charge is 2.35. The van der Waals surface area contributed by atoms with Crippen molar-refractivity contribution in [3.05, 3.63) is 88.8 Å². The molecule has 3 amide bonds. The number of amides is 3. The normalized spacial score (nSPS) is 19.0. The number of imide groups is 1. The molecule has 11 nitrogen and oxygen atoms in total. The molecule has 1 aromatic heterocycles. The fourth-order valence-electron chi connectivity index (χ4n) is 8.08. The summed E-state index contributed by atoms with van der Waals surface area (Å²) in [5.74, 6) is -0.793. The van der Waals surface area contributed by atoms with Crippen molar-refractivity contribution in [2.45, 2.75) is 63.5 Å². The quantitative estimate of drug-likeness (QED) is 0.210. The lowest BCUT2D eigenvalue weighted by Crippen LogP contribution is -2.48. The zero-order chi connectivity index (χ0) is 38.9. The number of alkyl halides is 3. The van der Waals surface area contributed by atoms with E-state index in [1.54, 1.807) is 49.6 Å². The summed E-state index contributed by atoms with van der Waals surface area (Å²) >= 11 is 0. The van der Waals surface area contributed by atoms with E-state index in [2.05, 4.69) is 25.2 Å². The number of aryl methyl sites for hydroxylation is 1. The zero-order valence-electron chi connectivity index (χ0n) is 30.9. The third kappa shape index (κ3) is 8.64. The Bertz CT molecular complexity index is 2120.